The molecule has 2 aromatic heterocycles. The molecule has 1 aliphatic heterocycles. The molecule has 17 heavy (non-hydrogen) atoms. The molecule has 0 spiro atoms. The van der Waals surface area contributed by atoms with E-state index in [0.29, 0.717) is 30.3 Å². The fraction of sp³-hybridized carbons (Fsp3) is 0.364. The molecule has 1 N–H and O–H groups in total. The van der Waals surface area contributed by atoms with E-state index in [2.05, 4.69) is 4.98 Å². The Hall–Kier alpha value is -1.14. The van der Waals surface area contributed by atoms with Crippen LogP contribution in [0.25, 0.3) is 10.2 Å². The molecule has 0 unspecified atom stereocenters. The molecule has 0 radical (unpaired) electrons. The number of hydrogen-bond donors (Lipinski definition) is 1. The summed E-state index contributed by atoms with van der Waals surface area (Å²) in [5, 5.41) is 2.00. The Balaban J connectivity index is 1.82. The first kappa shape index (κ1) is 11.0. The van der Waals surface area contributed by atoms with Gasteiger partial charge in [-0.15, -0.1) is 11.3 Å². The molecule has 3 heterocycles. The predicted molar refractivity (Wildman–Crippen MR) is 70.0 cm³/mol. The molecule has 4 nitrogen and oxygen atoms in total. The summed E-state index contributed by atoms with van der Waals surface area (Å²) in [6.45, 7) is 1.19. The first-order valence-corrected chi connectivity index (χ1v) is 7.81. The Morgan fingerprint density at radius 1 is 1.41 bits per heavy atom. The van der Waals surface area contributed by atoms with Crippen molar-refractivity contribution >= 4 is 38.3 Å². The molecule has 1 fully saturated rings. The standard InChI is InChI=1S/C11H12N2O2S2/c14-11(13-2-5-17(15)6-3-13)9-7-10-8(12-9)1-4-16-10/h1,4,7,12H,2-3,5-6H2. The number of aromatic nitrogens is 1. The fourth-order valence-electron chi connectivity index (χ4n) is 1.97. The second kappa shape index (κ2) is 4.27. The molecular formula is C11H12N2O2S2. The maximum Gasteiger partial charge on any atom is 0.270 e. The number of carbonyl (C=O) groups is 1. The van der Waals surface area contributed by atoms with Crippen LogP contribution in [0.5, 0.6) is 0 Å². The van der Waals surface area contributed by atoms with Crippen molar-refractivity contribution < 1.29 is 9.00 Å². The van der Waals surface area contributed by atoms with Gasteiger partial charge in [0, 0.05) is 35.4 Å². The van der Waals surface area contributed by atoms with Crippen molar-refractivity contribution in [1.29, 1.82) is 0 Å². The third-order valence-corrected chi connectivity index (χ3v) is 5.08. The van der Waals surface area contributed by atoms with E-state index in [9.17, 15) is 9.00 Å². The van der Waals surface area contributed by atoms with E-state index >= 15 is 0 Å². The van der Waals surface area contributed by atoms with Gasteiger partial charge in [-0.1, -0.05) is 0 Å². The zero-order valence-corrected chi connectivity index (χ0v) is 10.8. The van der Waals surface area contributed by atoms with E-state index in [-0.39, 0.29) is 5.91 Å². The third-order valence-electron chi connectivity index (χ3n) is 2.94. The van der Waals surface area contributed by atoms with Crippen LogP contribution in [0.2, 0.25) is 0 Å². The van der Waals surface area contributed by atoms with Crippen LogP contribution < -0.4 is 0 Å². The molecule has 0 atom stereocenters. The van der Waals surface area contributed by atoms with Crippen LogP contribution in [0.1, 0.15) is 10.5 Å². The number of aromatic amines is 1. The van der Waals surface area contributed by atoms with Crippen molar-refractivity contribution in [3.63, 3.8) is 0 Å². The third kappa shape index (κ3) is 2.02. The largest absolute Gasteiger partial charge is 0.350 e. The average molecular weight is 268 g/mol. The SMILES string of the molecule is O=C(c1cc2sccc2[nH]1)N1CCS(=O)CC1. The minimum absolute atomic E-state index is 0.0186. The van der Waals surface area contributed by atoms with Crippen LogP contribution in [0.15, 0.2) is 17.5 Å². The van der Waals surface area contributed by atoms with Gasteiger partial charge in [-0.3, -0.25) is 9.00 Å². The minimum Gasteiger partial charge on any atom is -0.350 e. The van der Waals surface area contributed by atoms with Crippen molar-refractivity contribution in [2.75, 3.05) is 24.6 Å². The molecule has 0 aromatic carbocycles. The summed E-state index contributed by atoms with van der Waals surface area (Å²) < 4.78 is 12.3. The van der Waals surface area contributed by atoms with E-state index in [1.54, 1.807) is 16.2 Å². The van der Waals surface area contributed by atoms with E-state index in [1.165, 1.54) is 0 Å². The average Bonchev–Trinajstić information content (AvgIpc) is 2.89. The number of thiophene rings is 1. The highest BCUT2D eigenvalue weighted by Gasteiger charge is 2.22. The fourth-order valence-corrected chi connectivity index (χ4v) is 3.81. The van der Waals surface area contributed by atoms with Crippen LogP contribution >= 0.6 is 11.3 Å². The zero-order valence-electron chi connectivity index (χ0n) is 9.14. The van der Waals surface area contributed by atoms with Gasteiger partial charge < -0.3 is 9.88 Å². The van der Waals surface area contributed by atoms with Crippen molar-refractivity contribution in [1.82, 2.24) is 9.88 Å². The van der Waals surface area contributed by atoms with Crippen molar-refractivity contribution in [2.45, 2.75) is 0 Å². The van der Waals surface area contributed by atoms with Crippen molar-refractivity contribution in [2.24, 2.45) is 0 Å². The molecule has 0 saturated carbocycles. The molecular weight excluding hydrogens is 256 g/mol. The maximum absolute atomic E-state index is 12.2. The lowest BCUT2D eigenvalue weighted by atomic mass is 10.3. The summed E-state index contributed by atoms with van der Waals surface area (Å²) in [6.07, 6.45) is 0. The Labute approximate surface area is 105 Å². The number of nitrogens with zero attached hydrogens (tertiary/aromatic N) is 1. The van der Waals surface area contributed by atoms with Crippen molar-refractivity contribution in [3.8, 4) is 0 Å². The molecule has 90 valence electrons. The summed E-state index contributed by atoms with van der Waals surface area (Å²) in [5.74, 6) is 1.21. The monoisotopic (exact) mass is 268 g/mol. The molecule has 0 bridgehead atoms. The molecule has 3 rings (SSSR count). The highest BCUT2D eigenvalue weighted by molar-refractivity contribution is 7.85. The lowest BCUT2D eigenvalue weighted by Gasteiger charge is -2.25. The quantitative estimate of drug-likeness (QED) is 0.850. The summed E-state index contributed by atoms with van der Waals surface area (Å²) in [6, 6.07) is 3.87. The van der Waals surface area contributed by atoms with E-state index < -0.39 is 10.8 Å². The number of carbonyl (C=O) groups excluding carboxylic acids is 1. The molecule has 6 heteroatoms. The highest BCUT2D eigenvalue weighted by Crippen LogP contribution is 2.22. The van der Waals surface area contributed by atoms with E-state index in [0.717, 1.165) is 10.2 Å². The van der Waals surface area contributed by atoms with Crippen LogP contribution in [0, 0.1) is 0 Å². The Morgan fingerprint density at radius 2 is 2.18 bits per heavy atom. The number of H-pyrrole nitrogens is 1. The zero-order chi connectivity index (χ0) is 11.8. The summed E-state index contributed by atoms with van der Waals surface area (Å²) in [4.78, 5) is 17.1. The van der Waals surface area contributed by atoms with Gasteiger partial charge in [-0.05, 0) is 17.5 Å². The van der Waals surface area contributed by atoms with Crippen LogP contribution in [0.4, 0.5) is 0 Å². The van der Waals surface area contributed by atoms with Gasteiger partial charge in [0.05, 0.1) is 10.2 Å². The van der Waals surface area contributed by atoms with Gasteiger partial charge in [0.1, 0.15) is 5.69 Å². The number of amides is 1. The van der Waals surface area contributed by atoms with Crippen LogP contribution in [-0.4, -0.2) is 44.6 Å². The maximum atomic E-state index is 12.2. The number of rotatable bonds is 1. The second-order valence-corrected chi connectivity index (χ2v) is 6.67. The van der Waals surface area contributed by atoms with Gasteiger partial charge in [0.25, 0.3) is 5.91 Å². The smallest absolute Gasteiger partial charge is 0.270 e. The predicted octanol–water partition coefficient (Wildman–Crippen LogP) is 1.43. The van der Waals surface area contributed by atoms with Gasteiger partial charge in [-0.2, -0.15) is 0 Å². The van der Waals surface area contributed by atoms with Crippen LogP contribution in [0.3, 0.4) is 0 Å². The first-order valence-electron chi connectivity index (χ1n) is 5.44. The first-order chi connectivity index (χ1) is 8.24. The molecule has 2 aromatic rings. The molecule has 1 amide bonds. The summed E-state index contributed by atoms with van der Waals surface area (Å²) >= 11 is 1.62. The Bertz CT molecular complexity index is 549. The van der Waals surface area contributed by atoms with Gasteiger partial charge in [0.2, 0.25) is 0 Å². The second-order valence-electron chi connectivity index (χ2n) is 4.02. The normalized spacial score (nSPS) is 17.8. The van der Waals surface area contributed by atoms with E-state index in [1.807, 2.05) is 17.5 Å². The lowest BCUT2D eigenvalue weighted by Crippen LogP contribution is -2.41. The molecule has 1 saturated heterocycles. The summed E-state index contributed by atoms with van der Waals surface area (Å²) in [7, 11) is -0.743. The number of hydrogen-bond acceptors (Lipinski definition) is 3. The number of nitrogens with one attached hydrogen (secondary N) is 1. The number of fused-ring (bicyclic) bond motifs is 1. The highest BCUT2D eigenvalue weighted by atomic mass is 32.2. The molecule has 0 aliphatic carbocycles. The van der Waals surface area contributed by atoms with Gasteiger partial charge in [-0.25, -0.2) is 0 Å². The van der Waals surface area contributed by atoms with Gasteiger partial charge in [0.15, 0.2) is 0 Å². The Morgan fingerprint density at radius 3 is 2.88 bits per heavy atom. The lowest BCUT2D eigenvalue weighted by molar-refractivity contribution is 0.0766. The van der Waals surface area contributed by atoms with E-state index in [4.69, 9.17) is 0 Å². The topological polar surface area (TPSA) is 53.2 Å². The summed E-state index contributed by atoms with van der Waals surface area (Å²) in [5.41, 5.74) is 1.65. The molecule has 1 aliphatic rings. The van der Waals surface area contributed by atoms with Crippen molar-refractivity contribution in [3.05, 3.63) is 23.2 Å². The van der Waals surface area contributed by atoms with Crippen LogP contribution in [-0.2, 0) is 10.8 Å². The minimum atomic E-state index is -0.743. The Kier molecular flexibility index (Phi) is 2.76. The van der Waals surface area contributed by atoms with Gasteiger partial charge >= 0.3 is 0 Å².